The van der Waals surface area contributed by atoms with E-state index in [4.69, 9.17) is 0 Å². The molecule has 0 heterocycles. The molecule has 0 unspecified atom stereocenters. The zero-order chi connectivity index (χ0) is 24.9. The average molecular weight is 519 g/mol. The Morgan fingerprint density at radius 1 is 1.03 bits per heavy atom. The first-order valence-electron chi connectivity index (χ1n) is 8.70. The molecule has 17 heteroatoms. The van der Waals surface area contributed by atoms with E-state index in [1.54, 1.807) is 0 Å². The standard InChI is InChI=1S/C15H22N2O12S3/c1-4-32(26,27)14-10-12(17(20)21)11(15(18)19)9-13(14)16(5-7-28-30(2,22)23)6-8-29-31(3,24)25/h9-10H,4-8H2,1-3H3,(H,18,19). The van der Waals surface area contributed by atoms with Crippen LogP contribution in [0.2, 0.25) is 0 Å². The van der Waals surface area contributed by atoms with Crippen LogP contribution in [0.25, 0.3) is 0 Å². The van der Waals surface area contributed by atoms with Gasteiger partial charge in [-0.1, -0.05) is 6.92 Å². The number of hydrogen-bond acceptors (Lipinski definition) is 12. The Hall–Kier alpha value is -2.34. The molecular weight excluding hydrogens is 496 g/mol. The molecule has 0 aliphatic heterocycles. The van der Waals surface area contributed by atoms with E-state index in [9.17, 15) is 45.3 Å². The lowest BCUT2D eigenvalue weighted by atomic mass is 10.1. The molecule has 0 fully saturated rings. The van der Waals surface area contributed by atoms with E-state index in [2.05, 4.69) is 8.37 Å². The topological polar surface area (TPSA) is 205 Å². The number of nitro benzene ring substituents is 1. The summed E-state index contributed by atoms with van der Waals surface area (Å²) in [5, 5.41) is 20.7. The van der Waals surface area contributed by atoms with Gasteiger partial charge in [-0.05, 0) is 6.07 Å². The molecule has 0 radical (unpaired) electrons. The van der Waals surface area contributed by atoms with E-state index < -0.39 is 76.1 Å². The minimum atomic E-state index is -4.14. The fourth-order valence-electron chi connectivity index (χ4n) is 2.48. The van der Waals surface area contributed by atoms with Gasteiger partial charge < -0.3 is 10.0 Å². The van der Waals surface area contributed by atoms with Crippen molar-refractivity contribution in [3.05, 3.63) is 27.8 Å². The Labute approximate surface area is 185 Å². The van der Waals surface area contributed by atoms with Crippen LogP contribution in [-0.4, -0.2) is 85.8 Å². The first kappa shape index (κ1) is 27.7. The molecule has 0 saturated heterocycles. The Balaban J connectivity index is 3.65. The van der Waals surface area contributed by atoms with Crippen LogP contribution in [0.1, 0.15) is 17.3 Å². The molecule has 182 valence electrons. The molecule has 0 atom stereocenters. The maximum atomic E-state index is 12.6. The number of carbonyl (C=O) groups is 1. The van der Waals surface area contributed by atoms with Crippen LogP contribution in [-0.2, 0) is 38.4 Å². The minimum Gasteiger partial charge on any atom is -0.477 e. The van der Waals surface area contributed by atoms with Crippen molar-refractivity contribution in [2.24, 2.45) is 0 Å². The molecule has 0 aromatic heterocycles. The summed E-state index contributed by atoms with van der Waals surface area (Å²) in [6.45, 7) is -0.446. The van der Waals surface area contributed by atoms with Crippen molar-refractivity contribution in [1.82, 2.24) is 0 Å². The number of rotatable bonds is 13. The summed E-state index contributed by atoms with van der Waals surface area (Å²) < 4.78 is 79.4. The van der Waals surface area contributed by atoms with Crippen molar-refractivity contribution in [2.45, 2.75) is 11.8 Å². The Bertz CT molecular complexity index is 1150. The van der Waals surface area contributed by atoms with Crippen molar-refractivity contribution in [3.63, 3.8) is 0 Å². The van der Waals surface area contributed by atoms with Gasteiger partial charge in [0.05, 0.1) is 47.0 Å². The third-order valence-electron chi connectivity index (χ3n) is 3.88. The lowest BCUT2D eigenvalue weighted by Gasteiger charge is -2.26. The van der Waals surface area contributed by atoms with Gasteiger partial charge in [0.15, 0.2) is 9.84 Å². The molecule has 1 aromatic carbocycles. The minimum absolute atomic E-state index is 0.316. The summed E-state index contributed by atoms with van der Waals surface area (Å²) in [6.07, 6.45) is 1.54. The van der Waals surface area contributed by atoms with Crippen LogP contribution in [0.15, 0.2) is 17.0 Å². The second kappa shape index (κ2) is 10.5. The highest BCUT2D eigenvalue weighted by Crippen LogP contribution is 2.33. The van der Waals surface area contributed by atoms with Crippen LogP contribution in [0.3, 0.4) is 0 Å². The summed E-state index contributed by atoms with van der Waals surface area (Å²) in [7, 11) is -11.9. The van der Waals surface area contributed by atoms with Gasteiger partial charge in [-0.15, -0.1) is 0 Å². The highest BCUT2D eigenvalue weighted by molar-refractivity contribution is 7.91. The first-order valence-corrected chi connectivity index (χ1v) is 14.0. The van der Waals surface area contributed by atoms with Crippen molar-refractivity contribution in [3.8, 4) is 0 Å². The summed E-state index contributed by atoms with van der Waals surface area (Å²) >= 11 is 0. The third kappa shape index (κ3) is 8.30. The number of carboxylic acid groups (broad SMARTS) is 1. The van der Waals surface area contributed by atoms with Gasteiger partial charge in [-0.2, -0.15) is 16.8 Å². The predicted octanol–water partition coefficient (Wildman–Crippen LogP) is -0.155. The number of hydrogen-bond donors (Lipinski definition) is 1. The summed E-state index contributed by atoms with van der Waals surface area (Å²) in [4.78, 5) is 22.3. The number of carboxylic acids is 1. The van der Waals surface area contributed by atoms with Crippen molar-refractivity contribution < 1.29 is 48.4 Å². The smallest absolute Gasteiger partial charge is 0.342 e. The predicted molar refractivity (Wildman–Crippen MR) is 112 cm³/mol. The molecule has 14 nitrogen and oxygen atoms in total. The Kier molecular flexibility index (Phi) is 9.10. The first-order chi connectivity index (χ1) is 14.5. The summed E-state index contributed by atoms with van der Waals surface area (Å²) in [5.41, 5.74) is -2.10. The third-order valence-corrected chi connectivity index (χ3v) is 6.82. The number of benzene rings is 1. The monoisotopic (exact) mass is 518 g/mol. The normalized spacial score (nSPS) is 12.5. The Morgan fingerprint density at radius 2 is 1.50 bits per heavy atom. The van der Waals surface area contributed by atoms with Crippen molar-refractivity contribution >= 4 is 47.4 Å². The van der Waals surface area contributed by atoms with Crippen LogP contribution >= 0.6 is 0 Å². The van der Waals surface area contributed by atoms with Crippen molar-refractivity contribution in [1.29, 1.82) is 0 Å². The molecule has 0 saturated carbocycles. The number of nitrogens with zero attached hydrogens (tertiary/aromatic N) is 2. The van der Waals surface area contributed by atoms with Gasteiger partial charge in [0, 0.05) is 19.2 Å². The van der Waals surface area contributed by atoms with Crippen molar-refractivity contribution in [2.75, 3.05) is 49.5 Å². The quantitative estimate of drug-likeness (QED) is 0.205. The molecule has 0 bridgehead atoms. The molecule has 32 heavy (non-hydrogen) atoms. The number of aromatic carboxylic acids is 1. The van der Waals surface area contributed by atoms with E-state index in [1.165, 1.54) is 6.92 Å². The van der Waals surface area contributed by atoms with Gasteiger partial charge in [-0.3, -0.25) is 18.5 Å². The molecule has 0 spiro atoms. The number of nitro groups is 1. The van der Waals surface area contributed by atoms with Crippen LogP contribution in [0.5, 0.6) is 0 Å². The largest absolute Gasteiger partial charge is 0.477 e. The maximum Gasteiger partial charge on any atom is 0.342 e. The van der Waals surface area contributed by atoms with E-state index in [1.807, 2.05) is 0 Å². The molecule has 0 amide bonds. The zero-order valence-corrected chi connectivity index (χ0v) is 19.7. The van der Waals surface area contributed by atoms with E-state index in [0.29, 0.717) is 6.07 Å². The number of anilines is 1. The van der Waals surface area contributed by atoms with Gasteiger partial charge >= 0.3 is 5.97 Å². The van der Waals surface area contributed by atoms with E-state index in [0.717, 1.165) is 23.5 Å². The zero-order valence-electron chi connectivity index (χ0n) is 17.2. The van der Waals surface area contributed by atoms with Crippen LogP contribution in [0, 0.1) is 10.1 Å². The van der Waals surface area contributed by atoms with Crippen LogP contribution in [0.4, 0.5) is 11.4 Å². The van der Waals surface area contributed by atoms with Gasteiger partial charge in [0.1, 0.15) is 5.56 Å². The fraction of sp³-hybridized carbons (Fsp3) is 0.533. The molecule has 1 aromatic rings. The maximum absolute atomic E-state index is 12.6. The SMILES string of the molecule is CCS(=O)(=O)c1cc([N+](=O)[O-])c(C(=O)O)cc1N(CCOS(C)(=O)=O)CCOS(C)(=O)=O. The van der Waals surface area contributed by atoms with E-state index in [-0.39, 0.29) is 18.8 Å². The molecule has 1 rings (SSSR count). The second-order valence-corrected chi connectivity index (χ2v) is 11.9. The lowest BCUT2D eigenvalue weighted by molar-refractivity contribution is -0.385. The summed E-state index contributed by atoms with van der Waals surface area (Å²) in [6, 6.07) is 1.35. The molecule has 0 aliphatic carbocycles. The van der Waals surface area contributed by atoms with Crippen LogP contribution < -0.4 is 4.90 Å². The highest BCUT2D eigenvalue weighted by atomic mass is 32.2. The summed E-state index contributed by atoms with van der Waals surface area (Å²) in [5.74, 6) is -2.20. The Morgan fingerprint density at radius 3 is 1.84 bits per heavy atom. The molecule has 1 N–H and O–H groups in total. The highest BCUT2D eigenvalue weighted by Gasteiger charge is 2.30. The second-order valence-electron chi connectivity index (χ2n) is 6.34. The average Bonchev–Trinajstić information content (AvgIpc) is 2.63. The van der Waals surface area contributed by atoms with Gasteiger partial charge in [0.2, 0.25) is 0 Å². The number of sulfone groups is 1. The van der Waals surface area contributed by atoms with Gasteiger partial charge in [0.25, 0.3) is 25.9 Å². The van der Waals surface area contributed by atoms with E-state index >= 15 is 0 Å². The molecular formula is C15H22N2O12S3. The fourth-order valence-corrected chi connectivity index (χ4v) is 4.35. The lowest BCUT2D eigenvalue weighted by Crippen LogP contribution is -2.33. The van der Waals surface area contributed by atoms with Gasteiger partial charge in [-0.25, -0.2) is 13.2 Å². The molecule has 0 aliphatic rings.